The maximum Gasteiger partial charge on any atom is 0.418 e. The molecule has 1 atom stereocenters. The quantitative estimate of drug-likeness (QED) is 0.850. The van der Waals surface area contributed by atoms with E-state index in [1.165, 1.54) is 17.6 Å². The van der Waals surface area contributed by atoms with Crippen LogP contribution in [0.1, 0.15) is 18.9 Å². The second-order valence-electron chi connectivity index (χ2n) is 5.60. The van der Waals surface area contributed by atoms with E-state index in [1.807, 2.05) is 0 Å². The number of nitrogens with one attached hydrogen (secondary N) is 1. The summed E-state index contributed by atoms with van der Waals surface area (Å²) in [5.74, 6) is 0. The SMILES string of the molecule is CCC(O)(CNc1cccc(Cn2ccccc2=O)c1)C(F)(F)F. The minimum Gasteiger partial charge on any atom is -0.382 e. The standard InChI is InChI=1S/C17H19F3N2O2/c1-2-16(24,17(18,19)20)12-21-14-7-5-6-13(10-14)11-22-9-4-3-8-15(22)23/h3-10,21,24H,2,11-12H2,1H3. The van der Waals surface area contributed by atoms with E-state index in [9.17, 15) is 23.1 Å². The lowest BCUT2D eigenvalue weighted by atomic mass is 10.00. The highest BCUT2D eigenvalue weighted by Crippen LogP contribution is 2.33. The molecule has 1 heterocycles. The third kappa shape index (κ3) is 4.17. The van der Waals surface area contributed by atoms with Crippen molar-refractivity contribution < 1.29 is 18.3 Å². The summed E-state index contributed by atoms with van der Waals surface area (Å²) in [6, 6.07) is 11.5. The molecular weight excluding hydrogens is 321 g/mol. The summed E-state index contributed by atoms with van der Waals surface area (Å²) in [6.07, 6.45) is -3.51. The van der Waals surface area contributed by atoms with Crippen LogP contribution in [0.25, 0.3) is 0 Å². The third-order valence-electron chi connectivity index (χ3n) is 3.88. The Morgan fingerprint density at radius 1 is 1.17 bits per heavy atom. The lowest BCUT2D eigenvalue weighted by Gasteiger charge is -2.29. The number of halogens is 3. The van der Waals surface area contributed by atoms with Crippen molar-refractivity contribution in [3.63, 3.8) is 0 Å². The Morgan fingerprint density at radius 3 is 2.54 bits per heavy atom. The first-order valence-corrected chi connectivity index (χ1v) is 7.52. The first-order valence-electron chi connectivity index (χ1n) is 7.52. The van der Waals surface area contributed by atoms with Gasteiger partial charge in [-0.1, -0.05) is 25.1 Å². The summed E-state index contributed by atoms with van der Waals surface area (Å²) in [5, 5.41) is 12.4. The van der Waals surface area contributed by atoms with Gasteiger partial charge < -0.3 is 15.0 Å². The third-order valence-corrected chi connectivity index (χ3v) is 3.88. The Balaban J connectivity index is 2.11. The summed E-state index contributed by atoms with van der Waals surface area (Å²) in [5.41, 5.74) is -1.72. The lowest BCUT2D eigenvalue weighted by molar-refractivity contribution is -0.255. The van der Waals surface area contributed by atoms with Gasteiger partial charge in [-0.3, -0.25) is 4.79 Å². The second kappa shape index (κ2) is 7.09. The molecule has 0 fully saturated rings. The second-order valence-corrected chi connectivity index (χ2v) is 5.60. The largest absolute Gasteiger partial charge is 0.418 e. The predicted octanol–water partition coefficient (Wildman–Crippen LogP) is 3.01. The van der Waals surface area contributed by atoms with Gasteiger partial charge in [0.05, 0.1) is 13.1 Å². The van der Waals surface area contributed by atoms with Crippen LogP contribution < -0.4 is 10.9 Å². The molecule has 0 bridgehead atoms. The Labute approximate surface area is 137 Å². The average Bonchev–Trinajstić information content (AvgIpc) is 2.54. The van der Waals surface area contributed by atoms with E-state index in [0.29, 0.717) is 12.2 Å². The lowest BCUT2D eigenvalue weighted by Crippen LogP contribution is -2.50. The number of pyridine rings is 1. The summed E-state index contributed by atoms with van der Waals surface area (Å²) < 4.78 is 40.2. The molecule has 0 aliphatic heterocycles. The van der Waals surface area contributed by atoms with Crippen molar-refractivity contribution in [2.75, 3.05) is 11.9 Å². The van der Waals surface area contributed by atoms with Gasteiger partial charge in [0, 0.05) is 18.0 Å². The molecule has 0 amide bonds. The molecular formula is C17H19F3N2O2. The summed E-state index contributed by atoms with van der Waals surface area (Å²) in [4.78, 5) is 11.7. The van der Waals surface area contributed by atoms with Crippen LogP contribution in [0.3, 0.4) is 0 Å². The number of nitrogens with zero attached hydrogens (tertiary/aromatic N) is 1. The maximum absolute atomic E-state index is 12.9. The zero-order valence-electron chi connectivity index (χ0n) is 13.2. The predicted molar refractivity (Wildman–Crippen MR) is 86.0 cm³/mol. The van der Waals surface area contributed by atoms with E-state index in [2.05, 4.69) is 5.32 Å². The van der Waals surface area contributed by atoms with Crippen LogP contribution in [-0.2, 0) is 6.54 Å². The van der Waals surface area contributed by atoms with Crippen molar-refractivity contribution >= 4 is 5.69 Å². The molecule has 0 aliphatic carbocycles. The summed E-state index contributed by atoms with van der Waals surface area (Å²) in [7, 11) is 0. The molecule has 2 rings (SSSR count). The van der Waals surface area contributed by atoms with Gasteiger partial charge in [-0.15, -0.1) is 0 Å². The van der Waals surface area contributed by atoms with Crippen molar-refractivity contribution in [3.05, 3.63) is 64.6 Å². The number of rotatable bonds is 6. The highest BCUT2D eigenvalue weighted by molar-refractivity contribution is 5.46. The molecule has 1 unspecified atom stereocenters. The highest BCUT2D eigenvalue weighted by atomic mass is 19.4. The number of aliphatic hydroxyl groups is 1. The van der Waals surface area contributed by atoms with Gasteiger partial charge in [0.2, 0.25) is 0 Å². The van der Waals surface area contributed by atoms with E-state index >= 15 is 0 Å². The minimum absolute atomic E-state index is 0.159. The molecule has 130 valence electrons. The fourth-order valence-electron chi connectivity index (χ4n) is 2.24. The van der Waals surface area contributed by atoms with Gasteiger partial charge in [0.15, 0.2) is 5.60 Å². The van der Waals surface area contributed by atoms with E-state index in [-0.39, 0.29) is 5.56 Å². The first-order chi connectivity index (χ1) is 11.2. The Hall–Kier alpha value is -2.28. The first kappa shape index (κ1) is 18.1. The molecule has 4 nitrogen and oxygen atoms in total. The molecule has 1 aromatic heterocycles. The molecule has 2 aromatic rings. The van der Waals surface area contributed by atoms with Crippen molar-refractivity contribution in [2.24, 2.45) is 0 Å². The number of hydrogen-bond acceptors (Lipinski definition) is 3. The number of alkyl halides is 3. The summed E-state index contributed by atoms with van der Waals surface area (Å²) >= 11 is 0. The van der Waals surface area contributed by atoms with Gasteiger partial charge >= 0.3 is 6.18 Å². The van der Waals surface area contributed by atoms with Crippen LogP contribution in [0.4, 0.5) is 18.9 Å². The molecule has 0 saturated carbocycles. The number of benzene rings is 1. The molecule has 0 aliphatic rings. The fourth-order valence-corrected chi connectivity index (χ4v) is 2.24. The molecule has 24 heavy (non-hydrogen) atoms. The van der Waals surface area contributed by atoms with Crippen molar-refractivity contribution in [1.82, 2.24) is 4.57 Å². The van der Waals surface area contributed by atoms with Crippen molar-refractivity contribution in [3.8, 4) is 0 Å². The molecule has 0 saturated heterocycles. The van der Waals surface area contributed by atoms with E-state index in [4.69, 9.17) is 0 Å². The summed E-state index contributed by atoms with van der Waals surface area (Å²) in [6.45, 7) is 0.960. The zero-order valence-corrected chi connectivity index (χ0v) is 13.2. The van der Waals surface area contributed by atoms with Gasteiger partial charge in [0.1, 0.15) is 0 Å². The molecule has 2 N–H and O–H groups in total. The average molecular weight is 340 g/mol. The van der Waals surface area contributed by atoms with Crippen LogP contribution in [0, 0.1) is 0 Å². The van der Waals surface area contributed by atoms with E-state index in [1.54, 1.807) is 42.6 Å². The van der Waals surface area contributed by atoms with Crippen LogP contribution in [0.5, 0.6) is 0 Å². The molecule has 0 radical (unpaired) electrons. The van der Waals surface area contributed by atoms with Crippen molar-refractivity contribution in [1.29, 1.82) is 0 Å². The number of aromatic nitrogens is 1. The maximum atomic E-state index is 12.9. The topological polar surface area (TPSA) is 54.3 Å². The number of anilines is 1. The number of hydrogen-bond donors (Lipinski definition) is 2. The van der Waals surface area contributed by atoms with Gasteiger partial charge in [-0.2, -0.15) is 13.2 Å². The smallest absolute Gasteiger partial charge is 0.382 e. The fraction of sp³-hybridized carbons (Fsp3) is 0.353. The minimum atomic E-state index is -4.70. The molecule has 7 heteroatoms. The Bertz CT molecular complexity index is 743. The monoisotopic (exact) mass is 340 g/mol. The van der Waals surface area contributed by atoms with Crippen LogP contribution in [0.15, 0.2) is 53.5 Å². The van der Waals surface area contributed by atoms with Crippen LogP contribution >= 0.6 is 0 Å². The van der Waals surface area contributed by atoms with E-state index in [0.717, 1.165) is 5.56 Å². The van der Waals surface area contributed by atoms with Gasteiger partial charge in [-0.05, 0) is 30.2 Å². The van der Waals surface area contributed by atoms with Gasteiger partial charge in [0.25, 0.3) is 5.56 Å². The molecule has 1 aromatic carbocycles. The van der Waals surface area contributed by atoms with Crippen LogP contribution in [-0.4, -0.2) is 28.0 Å². The normalized spacial score (nSPS) is 14.2. The Kier molecular flexibility index (Phi) is 5.33. The molecule has 0 spiro atoms. The van der Waals surface area contributed by atoms with E-state index < -0.39 is 24.7 Å². The Morgan fingerprint density at radius 2 is 1.92 bits per heavy atom. The highest BCUT2D eigenvalue weighted by Gasteiger charge is 2.52. The van der Waals surface area contributed by atoms with Gasteiger partial charge in [-0.25, -0.2) is 0 Å². The zero-order chi connectivity index (χ0) is 17.8. The van der Waals surface area contributed by atoms with Crippen molar-refractivity contribution in [2.45, 2.75) is 31.7 Å². The van der Waals surface area contributed by atoms with Crippen LogP contribution in [0.2, 0.25) is 0 Å².